The van der Waals surface area contributed by atoms with Crippen LogP contribution in [0.15, 0.2) is 17.6 Å². The number of hydrogen-bond donors (Lipinski definition) is 4. The van der Waals surface area contributed by atoms with E-state index in [0.717, 1.165) is 11.1 Å². The highest BCUT2D eigenvalue weighted by atomic mass is 16.6. The van der Waals surface area contributed by atoms with Crippen LogP contribution in [0.25, 0.3) is 11.2 Å². The van der Waals surface area contributed by atoms with Gasteiger partial charge in [0.1, 0.15) is 24.6 Å². The molecule has 0 aliphatic carbocycles. The minimum atomic E-state index is -1.23. The topological polar surface area (TPSA) is 138 Å². The fourth-order valence-electron chi connectivity index (χ4n) is 2.42. The highest BCUT2D eigenvalue weighted by molar-refractivity contribution is 5.68. The molecular formula is C11H15N5O5. The van der Waals surface area contributed by atoms with Crippen molar-refractivity contribution in [1.82, 2.24) is 19.3 Å². The fraction of sp³-hybridized carbons (Fsp3) is 0.545. The van der Waals surface area contributed by atoms with Crippen LogP contribution in [-0.4, -0.2) is 71.8 Å². The van der Waals surface area contributed by atoms with Gasteiger partial charge in [0.2, 0.25) is 0 Å². The van der Waals surface area contributed by atoms with E-state index in [-0.39, 0.29) is 5.49 Å². The highest BCUT2D eigenvalue weighted by Crippen LogP contribution is 2.30. The number of ether oxygens (including phenoxy) is 1. The summed E-state index contributed by atoms with van der Waals surface area (Å²) in [7, 11) is 1.49. The predicted molar refractivity (Wildman–Crippen MR) is 67.2 cm³/mol. The summed E-state index contributed by atoms with van der Waals surface area (Å²) >= 11 is 0. The van der Waals surface area contributed by atoms with Gasteiger partial charge in [0.15, 0.2) is 22.9 Å². The number of fused-ring (bicyclic) bond motifs is 1. The lowest BCUT2D eigenvalue weighted by molar-refractivity contribution is -0.0511. The second-order valence-electron chi connectivity index (χ2n) is 4.69. The molecule has 2 aromatic rings. The number of aliphatic hydroxyl groups is 3. The van der Waals surface area contributed by atoms with Crippen molar-refractivity contribution in [3.63, 3.8) is 0 Å². The van der Waals surface area contributed by atoms with E-state index in [9.17, 15) is 15.4 Å². The number of imidazole rings is 1. The third-order valence-corrected chi connectivity index (χ3v) is 3.49. The third kappa shape index (κ3) is 2.00. The van der Waals surface area contributed by atoms with Crippen molar-refractivity contribution < 1.29 is 25.3 Å². The Bertz CT molecular complexity index is 725. The number of hydrogen-bond acceptors (Lipinski definition) is 8. The Balaban J connectivity index is 2.11. The first kappa shape index (κ1) is 13.9. The Hall–Kier alpha value is -2.01. The molecule has 2 aromatic heterocycles. The van der Waals surface area contributed by atoms with E-state index < -0.39 is 31.1 Å². The Morgan fingerprint density at radius 3 is 2.67 bits per heavy atom. The van der Waals surface area contributed by atoms with E-state index >= 15 is 0 Å². The van der Waals surface area contributed by atoms with Gasteiger partial charge in [0.25, 0.3) is 0 Å². The van der Waals surface area contributed by atoms with Crippen molar-refractivity contribution in [3.05, 3.63) is 18.1 Å². The maximum atomic E-state index is 10.0. The van der Waals surface area contributed by atoms with Crippen LogP contribution < -0.4 is 5.49 Å². The monoisotopic (exact) mass is 297 g/mol. The van der Waals surface area contributed by atoms with Crippen LogP contribution in [0.5, 0.6) is 0 Å². The summed E-state index contributed by atoms with van der Waals surface area (Å²) in [6, 6.07) is 0. The van der Waals surface area contributed by atoms with Crippen LogP contribution in [0.4, 0.5) is 0 Å². The molecule has 3 heterocycles. The van der Waals surface area contributed by atoms with Crippen LogP contribution >= 0.6 is 0 Å². The highest BCUT2D eigenvalue weighted by Gasteiger charge is 2.43. The molecule has 0 amide bonds. The van der Waals surface area contributed by atoms with Gasteiger partial charge >= 0.3 is 0 Å². The normalized spacial score (nSPS) is 30.4. The molecule has 1 unspecified atom stereocenters. The zero-order valence-electron chi connectivity index (χ0n) is 11.1. The third-order valence-electron chi connectivity index (χ3n) is 3.49. The molecule has 10 heteroatoms. The zero-order valence-corrected chi connectivity index (χ0v) is 11.1. The van der Waals surface area contributed by atoms with Crippen molar-refractivity contribution in [1.29, 1.82) is 0 Å². The van der Waals surface area contributed by atoms with Crippen LogP contribution in [0.3, 0.4) is 0 Å². The first-order valence-electron chi connectivity index (χ1n) is 6.27. The SMILES string of the molecule is CN=c1c2ncn([C@@H]3O[C@H](CO)C(O)[C@@H]3O)c2ncn1O. The van der Waals surface area contributed by atoms with Gasteiger partial charge in [-0.1, -0.05) is 0 Å². The van der Waals surface area contributed by atoms with Gasteiger partial charge in [-0.05, 0) is 0 Å². The maximum absolute atomic E-state index is 10.0. The minimum absolute atomic E-state index is 0.200. The molecule has 3 rings (SSSR count). The number of nitrogens with zero attached hydrogens (tertiary/aromatic N) is 5. The van der Waals surface area contributed by atoms with E-state index in [1.807, 2.05) is 0 Å². The van der Waals surface area contributed by atoms with E-state index in [1.165, 1.54) is 17.9 Å². The van der Waals surface area contributed by atoms with Crippen LogP contribution in [0.2, 0.25) is 0 Å². The summed E-state index contributed by atoms with van der Waals surface area (Å²) in [5.74, 6) is 0. The average molecular weight is 297 g/mol. The van der Waals surface area contributed by atoms with Gasteiger partial charge in [-0.15, -0.1) is 0 Å². The van der Waals surface area contributed by atoms with Crippen LogP contribution in [0, 0.1) is 0 Å². The molecule has 10 nitrogen and oxygen atoms in total. The molecule has 0 aromatic carbocycles. The van der Waals surface area contributed by atoms with E-state index in [0.29, 0.717) is 11.2 Å². The molecule has 0 spiro atoms. The quantitative estimate of drug-likeness (QED) is 0.454. The van der Waals surface area contributed by atoms with Gasteiger partial charge in [0, 0.05) is 7.05 Å². The molecule has 114 valence electrons. The number of rotatable bonds is 2. The van der Waals surface area contributed by atoms with Gasteiger partial charge in [-0.25, -0.2) is 9.97 Å². The van der Waals surface area contributed by atoms with Gasteiger partial charge in [-0.3, -0.25) is 9.56 Å². The molecule has 1 saturated heterocycles. The standard InChI is InChI=1S/C11H15N5O5/c1-12-9-6-10(14-4-16(9)20)15(3-13-6)11-8(19)7(18)5(2-17)21-11/h3-5,7-8,11,17-20H,2H2,1H3/t5-,7?,8+,11-/m1/s1. The molecule has 1 aliphatic rings. The number of aliphatic hydroxyl groups excluding tert-OH is 3. The van der Waals surface area contributed by atoms with Gasteiger partial charge in [-0.2, -0.15) is 4.73 Å². The van der Waals surface area contributed by atoms with Crippen molar-refractivity contribution in [3.8, 4) is 0 Å². The van der Waals surface area contributed by atoms with Crippen molar-refractivity contribution in [2.75, 3.05) is 13.7 Å². The van der Waals surface area contributed by atoms with Crippen molar-refractivity contribution in [2.24, 2.45) is 4.99 Å². The second-order valence-corrected chi connectivity index (χ2v) is 4.69. The molecule has 1 aliphatic heterocycles. The largest absolute Gasteiger partial charge is 0.425 e. The molecule has 0 saturated carbocycles. The fourth-order valence-corrected chi connectivity index (χ4v) is 2.42. The van der Waals surface area contributed by atoms with Crippen molar-refractivity contribution >= 4 is 11.2 Å². The molecule has 1 fully saturated rings. The first-order valence-corrected chi connectivity index (χ1v) is 6.27. The lowest BCUT2D eigenvalue weighted by atomic mass is 10.1. The van der Waals surface area contributed by atoms with Gasteiger partial charge in [0.05, 0.1) is 12.9 Å². The summed E-state index contributed by atoms with van der Waals surface area (Å²) in [5.41, 5.74) is 0.849. The Morgan fingerprint density at radius 2 is 2.05 bits per heavy atom. The molecule has 0 radical (unpaired) electrons. The van der Waals surface area contributed by atoms with E-state index in [4.69, 9.17) is 9.84 Å². The summed E-state index contributed by atoms with van der Waals surface area (Å²) in [6.07, 6.45) is -1.75. The molecule has 4 atom stereocenters. The molecule has 21 heavy (non-hydrogen) atoms. The Labute approximate surface area is 118 Å². The average Bonchev–Trinajstić information content (AvgIpc) is 3.02. The Kier molecular flexibility index (Phi) is 3.37. The van der Waals surface area contributed by atoms with Crippen LogP contribution in [0.1, 0.15) is 6.23 Å². The lowest BCUT2D eigenvalue weighted by Crippen LogP contribution is -2.33. The minimum Gasteiger partial charge on any atom is -0.425 e. The van der Waals surface area contributed by atoms with Gasteiger partial charge < -0.3 is 25.3 Å². The molecule has 4 N–H and O–H groups in total. The smallest absolute Gasteiger partial charge is 0.194 e. The molecular weight excluding hydrogens is 282 g/mol. The summed E-state index contributed by atoms with van der Waals surface area (Å²) < 4.78 is 7.58. The van der Waals surface area contributed by atoms with E-state index in [1.54, 1.807) is 0 Å². The first-order chi connectivity index (χ1) is 10.1. The summed E-state index contributed by atoms with van der Waals surface area (Å²) in [5, 5.41) is 38.6. The van der Waals surface area contributed by atoms with E-state index in [2.05, 4.69) is 15.0 Å². The predicted octanol–water partition coefficient (Wildman–Crippen LogP) is -2.39. The molecule has 0 bridgehead atoms. The second kappa shape index (κ2) is 5.07. The Morgan fingerprint density at radius 1 is 1.29 bits per heavy atom. The lowest BCUT2D eigenvalue weighted by Gasteiger charge is -2.16. The summed E-state index contributed by atoms with van der Waals surface area (Å²) in [4.78, 5) is 12.0. The zero-order chi connectivity index (χ0) is 15.1. The van der Waals surface area contributed by atoms with Crippen molar-refractivity contribution in [2.45, 2.75) is 24.5 Å². The number of aromatic nitrogens is 4. The van der Waals surface area contributed by atoms with Crippen LogP contribution in [-0.2, 0) is 4.74 Å². The maximum Gasteiger partial charge on any atom is 0.194 e. The summed E-state index contributed by atoms with van der Waals surface area (Å²) in [6.45, 7) is -0.416.